The van der Waals surface area contributed by atoms with E-state index in [-0.39, 0.29) is 5.56 Å². The van der Waals surface area contributed by atoms with E-state index in [4.69, 9.17) is 26.4 Å². The lowest BCUT2D eigenvalue weighted by molar-refractivity contribution is 0.0357. The minimum absolute atomic E-state index is 0.0785. The van der Waals surface area contributed by atoms with Gasteiger partial charge in [-0.1, -0.05) is 6.07 Å². The van der Waals surface area contributed by atoms with Crippen molar-refractivity contribution < 1.29 is 14.2 Å². The van der Waals surface area contributed by atoms with E-state index in [2.05, 4.69) is 40.0 Å². The highest BCUT2D eigenvalue weighted by atomic mass is 32.1. The van der Waals surface area contributed by atoms with Crippen LogP contribution >= 0.6 is 12.2 Å². The van der Waals surface area contributed by atoms with Crippen LogP contribution in [0.2, 0.25) is 0 Å². The predicted molar refractivity (Wildman–Crippen MR) is 156 cm³/mol. The number of morpholine rings is 1. The summed E-state index contributed by atoms with van der Waals surface area (Å²) in [6.45, 7) is 10.1. The molecule has 1 aliphatic heterocycles. The van der Waals surface area contributed by atoms with Gasteiger partial charge >= 0.3 is 0 Å². The molecule has 4 rings (SSSR count). The summed E-state index contributed by atoms with van der Waals surface area (Å²) in [5, 5.41) is 5.08. The molecule has 2 N–H and O–H groups in total. The number of hydrogen-bond donors (Lipinski definition) is 2. The van der Waals surface area contributed by atoms with Gasteiger partial charge in [0.15, 0.2) is 16.6 Å². The van der Waals surface area contributed by atoms with Gasteiger partial charge in [0.2, 0.25) is 0 Å². The van der Waals surface area contributed by atoms with Crippen molar-refractivity contribution in [2.75, 3.05) is 60.2 Å². The molecule has 2 heterocycles. The first-order valence-corrected chi connectivity index (χ1v) is 13.5. The molecule has 0 radical (unpaired) electrons. The second kappa shape index (κ2) is 13.1. The summed E-state index contributed by atoms with van der Waals surface area (Å²) >= 11 is 5.84. The van der Waals surface area contributed by atoms with Crippen LogP contribution in [0.25, 0.3) is 10.9 Å². The maximum Gasteiger partial charge on any atom is 0.253 e. The lowest BCUT2D eigenvalue weighted by Crippen LogP contribution is -2.46. The van der Waals surface area contributed by atoms with E-state index in [0.717, 1.165) is 61.3 Å². The van der Waals surface area contributed by atoms with Crippen LogP contribution < -0.4 is 20.3 Å². The van der Waals surface area contributed by atoms with Crippen LogP contribution in [0.3, 0.4) is 0 Å². The van der Waals surface area contributed by atoms with Crippen molar-refractivity contribution in [3.05, 3.63) is 69.0 Å². The van der Waals surface area contributed by atoms with Crippen molar-refractivity contribution in [2.24, 2.45) is 0 Å². The molecule has 1 aliphatic rings. The molecule has 0 spiro atoms. The Balaban J connectivity index is 1.47. The first-order valence-electron chi connectivity index (χ1n) is 13.0. The van der Waals surface area contributed by atoms with Crippen molar-refractivity contribution in [3.8, 4) is 11.5 Å². The SMILES string of the molecule is COc1ccc(CCNC(=S)N(CCN2CCOCC2)Cc2cc3cc(C)c(C)cc3[nH]c2=O)cc1OC. The van der Waals surface area contributed by atoms with Crippen LogP contribution in [0.1, 0.15) is 22.3 Å². The molecule has 0 atom stereocenters. The van der Waals surface area contributed by atoms with Gasteiger partial charge in [-0.15, -0.1) is 0 Å². The fourth-order valence-corrected chi connectivity index (χ4v) is 4.90. The Morgan fingerprint density at radius 1 is 1.08 bits per heavy atom. The number of hydrogen-bond acceptors (Lipinski definition) is 6. The van der Waals surface area contributed by atoms with Gasteiger partial charge in [0.1, 0.15) is 0 Å². The van der Waals surface area contributed by atoms with Crippen LogP contribution in [0.5, 0.6) is 11.5 Å². The number of nitrogens with zero attached hydrogens (tertiary/aromatic N) is 2. The number of aromatic nitrogens is 1. The van der Waals surface area contributed by atoms with Crippen LogP contribution in [-0.4, -0.2) is 80.1 Å². The maximum atomic E-state index is 13.0. The Labute approximate surface area is 229 Å². The van der Waals surface area contributed by atoms with Crippen LogP contribution in [0.4, 0.5) is 0 Å². The summed E-state index contributed by atoms with van der Waals surface area (Å²) in [6, 6.07) is 12.1. The molecule has 1 aromatic heterocycles. The third-order valence-electron chi connectivity index (χ3n) is 7.11. The average Bonchev–Trinajstić information content (AvgIpc) is 2.92. The highest BCUT2D eigenvalue weighted by Gasteiger charge is 2.17. The van der Waals surface area contributed by atoms with Crippen molar-refractivity contribution in [2.45, 2.75) is 26.8 Å². The first-order chi connectivity index (χ1) is 18.4. The number of rotatable bonds is 10. The summed E-state index contributed by atoms with van der Waals surface area (Å²) in [5.41, 5.74) is 4.96. The molecular formula is C29H38N4O4S. The number of ether oxygens (including phenoxy) is 3. The topological polar surface area (TPSA) is 79.1 Å². The number of aryl methyl sites for hydroxylation is 2. The zero-order valence-corrected chi connectivity index (χ0v) is 23.6. The molecule has 0 saturated carbocycles. The molecule has 0 bridgehead atoms. The predicted octanol–water partition coefficient (Wildman–Crippen LogP) is 3.41. The summed E-state index contributed by atoms with van der Waals surface area (Å²) in [6.07, 6.45) is 0.771. The van der Waals surface area contributed by atoms with E-state index in [1.165, 1.54) is 5.56 Å². The fraction of sp³-hybridized carbons (Fsp3) is 0.448. The summed E-state index contributed by atoms with van der Waals surface area (Å²) in [5.74, 6) is 1.42. The highest BCUT2D eigenvalue weighted by molar-refractivity contribution is 7.80. The van der Waals surface area contributed by atoms with Crippen LogP contribution in [0, 0.1) is 13.8 Å². The fourth-order valence-electron chi connectivity index (χ4n) is 4.65. The molecule has 0 unspecified atom stereocenters. The normalized spacial score (nSPS) is 13.9. The van der Waals surface area contributed by atoms with Gasteiger partial charge in [-0.2, -0.15) is 0 Å². The zero-order chi connectivity index (χ0) is 27.1. The maximum absolute atomic E-state index is 13.0. The molecule has 1 saturated heterocycles. The Hall–Kier alpha value is -3.14. The van der Waals surface area contributed by atoms with Crippen LogP contribution in [0.15, 0.2) is 41.2 Å². The first kappa shape index (κ1) is 27.9. The van der Waals surface area contributed by atoms with Gasteiger partial charge in [0.05, 0.1) is 34.0 Å². The van der Waals surface area contributed by atoms with Gasteiger partial charge in [0, 0.05) is 43.8 Å². The largest absolute Gasteiger partial charge is 0.493 e. The molecule has 2 aromatic carbocycles. The number of pyridine rings is 1. The van der Waals surface area contributed by atoms with Gasteiger partial charge < -0.3 is 29.4 Å². The summed E-state index contributed by atoms with van der Waals surface area (Å²) in [7, 11) is 3.27. The number of methoxy groups -OCH3 is 2. The monoisotopic (exact) mass is 538 g/mol. The molecule has 1 fully saturated rings. The summed E-state index contributed by atoms with van der Waals surface area (Å²) < 4.78 is 16.3. The second-order valence-electron chi connectivity index (χ2n) is 9.69. The standard InChI is InChI=1S/C29H38N4O4S/c1-20-15-23-18-24(28(34)31-25(23)16-21(20)2)19-33(10-9-32-11-13-37-14-12-32)29(38)30-8-7-22-5-6-26(35-3)27(17-22)36-4/h5-6,15-18H,7-14,19H2,1-4H3,(H,30,38)(H,31,34). The van der Waals surface area contributed by atoms with E-state index in [1.54, 1.807) is 14.2 Å². The zero-order valence-electron chi connectivity index (χ0n) is 22.8. The smallest absolute Gasteiger partial charge is 0.253 e. The lowest BCUT2D eigenvalue weighted by Gasteiger charge is -2.31. The number of H-pyrrole nitrogens is 1. The number of aromatic amines is 1. The third kappa shape index (κ3) is 7.03. The quantitative estimate of drug-likeness (QED) is 0.381. The Morgan fingerprint density at radius 3 is 2.55 bits per heavy atom. The van der Waals surface area contributed by atoms with Crippen LogP contribution in [-0.2, 0) is 17.7 Å². The molecule has 204 valence electrons. The van der Waals surface area contributed by atoms with E-state index in [0.29, 0.717) is 41.8 Å². The van der Waals surface area contributed by atoms with Gasteiger partial charge in [-0.3, -0.25) is 9.69 Å². The molecule has 9 heteroatoms. The Bertz CT molecular complexity index is 1320. The van der Waals surface area contributed by atoms with Gasteiger partial charge in [0.25, 0.3) is 5.56 Å². The van der Waals surface area contributed by atoms with Crippen molar-refractivity contribution >= 4 is 28.2 Å². The van der Waals surface area contributed by atoms with Crippen molar-refractivity contribution in [1.29, 1.82) is 0 Å². The Morgan fingerprint density at radius 2 is 1.82 bits per heavy atom. The molecule has 8 nitrogen and oxygen atoms in total. The lowest BCUT2D eigenvalue weighted by atomic mass is 10.0. The summed E-state index contributed by atoms with van der Waals surface area (Å²) in [4.78, 5) is 20.5. The molecule has 38 heavy (non-hydrogen) atoms. The molecular weight excluding hydrogens is 500 g/mol. The average molecular weight is 539 g/mol. The number of thiocarbonyl (C=S) groups is 1. The minimum Gasteiger partial charge on any atom is -0.493 e. The molecule has 0 amide bonds. The Kier molecular flexibility index (Phi) is 9.60. The van der Waals surface area contributed by atoms with Crippen molar-refractivity contribution in [3.63, 3.8) is 0 Å². The van der Waals surface area contributed by atoms with Gasteiger partial charge in [-0.05, 0) is 84.9 Å². The van der Waals surface area contributed by atoms with E-state index < -0.39 is 0 Å². The third-order valence-corrected chi connectivity index (χ3v) is 7.51. The van der Waals surface area contributed by atoms with Crippen molar-refractivity contribution in [1.82, 2.24) is 20.1 Å². The minimum atomic E-state index is -0.0785. The number of fused-ring (bicyclic) bond motifs is 1. The molecule has 3 aromatic rings. The van der Waals surface area contributed by atoms with E-state index >= 15 is 0 Å². The molecule has 0 aliphatic carbocycles. The number of benzene rings is 2. The van der Waals surface area contributed by atoms with E-state index in [9.17, 15) is 4.79 Å². The highest BCUT2D eigenvalue weighted by Crippen LogP contribution is 2.27. The van der Waals surface area contributed by atoms with Gasteiger partial charge in [-0.25, -0.2) is 0 Å². The van der Waals surface area contributed by atoms with E-state index in [1.807, 2.05) is 30.3 Å². The number of nitrogens with one attached hydrogen (secondary N) is 2. The second-order valence-corrected chi connectivity index (χ2v) is 10.1.